The number of aliphatic carboxylic acids is 1. The molecule has 1 rings (SSSR count). The van der Waals surface area contributed by atoms with E-state index in [9.17, 15) is 9.90 Å². The van der Waals surface area contributed by atoms with Crippen molar-refractivity contribution >= 4 is 5.97 Å². The summed E-state index contributed by atoms with van der Waals surface area (Å²) in [6.07, 6.45) is 7.25. The van der Waals surface area contributed by atoms with Crippen LogP contribution in [0.15, 0.2) is 0 Å². The van der Waals surface area contributed by atoms with Crippen molar-refractivity contribution in [3.63, 3.8) is 0 Å². The third-order valence-electron chi connectivity index (χ3n) is 4.32. The topological polar surface area (TPSA) is 37.3 Å². The highest BCUT2D eigenvalue weighted by Crippen LogP contribution is 2.53. The van der Waals surface area contributed by atoms with Crippen molar-refractivity contribution < 1.29 is 9.90 Å². The van der Waals surface area contributed by atoms with Crippen molar-refractivity contribution in [3.8, 4) is 0 Å². The number of carboxylic acids is 1. The molecule has 0 aromatic rings. The van der Waals surface area contributed by atoms with Gasteiger partial charge in [-0.3, -0.25) is 4.79 Å². The zero-order valence-corrected chi connectivity index (χ0v) is 10.3. The van der Waals surface area contributed by atoms with Crippen LogP contribution in [0.2, 0.25) is 0 Å². The van der Waals surface area contributed by atoms with Gasteiger partial charge in [0.1, 0.15) is 0 Å². The van der Waals surface area contributed by atoms with Crippen LogP contribution in [-0.2, 0) is 4.79 Å². The van der Waals surface area contributed by atoms with E-state index in [0.29, 0.717) is 0 Å². The molecule has 1 fully saturated rings. The summed E-state index contributed by atoms with van der Waals surface area (Å²) in [5.41, 5.74) is -0.493. The highest BCUT2D eigenvalue weighted by Gasteiger charge is 2.51. The van der Waals surface area contributed by atoms with Gasteiger partial charge in [0.05, 0.1) is 5.41 Å². The number of rotatable bonds is 5. The molecule has 0 spiro atoms. The summed E-state index contributed by atoms with van der Waals surface area (Å²) in [5, 5.41) is 9.50. The van der Waals surface area contributed by atoms with Crippen molar-refractivity contribution in [2.24, 2.45) is 10.8 Å². The first-order chi connectivity index (χ1) is 6.96. The molecule has 0 aromatic carbocycles. The first-order valence-electron chi connectivity index (χ1n) is 6.20. The Hall–Kier alpha value is -0.530. The fourth-order valence-electron chi connectivity index (χ4n) is 3.02. The quantitative estimate of drug-likeness (QED) is 0.751. The molecular formula is C13H24O2. The molecule has 0 unspecified atom stereocenters. The summed E-state index contributed by atoms with van der Waals surface area (Å²) >= 11 is 0. The molecule has 0 saturated heterocycles. The van der Waals surface area contributed by atoms with Crippen molar-refractivity contribution in [2.75, 3.05) is 0 Å². The number of hydrogen-bond acceptors (Lipinski definition) is 1. The molecule has 1 aliphatic rings. The summed E-state index contributed by atoms with van der Waals surface area (Å²) in [6, 6.07) is 0. The van der Waals surface area contributed by atoms with E-state index < -0.39 is 11.4 Å². The second-order valence-corrected chi connectivity index (χ2v) is 5.58. The molecule has 0 bridgehead atoms. The van der Waals surface area contributed by atoms with E-state index >= 15 is 0 Å². The van der Waals surface area contributed by atoms with E-state index in [1.165, 1.54) is 0 Å². The molecule has 15 heavy (non-hydrogen) atoms. The van der Waals surface area contributed by atoms with Crippen molar-refractivity contribution in [1.29, 1.82) is 0 Å². The lowest BCUT2D eigenvalue weighted by molar-refractivity contribution is -0.157. The average molecular weight is 212 g/mol. The van der Waals surface area contributed by atoms with Gasteiger partial charge in [0, 0.05) is 0 Å². The smallest absolute Gasteiger partial charge is 0.310 e. The number of carboxylic acid groups (broad SMARTS) is 1. The molecule has 0 aliphatic heterocycles. The van der Waals surface area contributed by atoms with E-state index in [1.807, 2.05) is 0 Å². The highest BCUT2D eigenvalue weighted by atomic mass is 16.4. The zero-order valence-electron chi connectivity index (χ0n) is 10.3. The van der Waals surface area contributed by atoms with Crippen LogP contribution in [0.3, 0.4) is 0 Å². The Balaban J connectivity index is 2.83. The lowest BCUT2D eigenvalue weighted by atomic mass is 9.62. The van der Waals surface area contributed by atoms with Crippen molar-refractivity contribution in [3.05, 3.63) is 0 Å². The van der Waals surface area contributed by atoms with Gasteiger partial charge in [-0.2, -0.15) is 0 Å². The van der Waals surface area contributed by atoms with Gasteiger partial charge in [0.15, 0.2) is 0 Å². The summed E-state index contributed by atoms with van der Waals surface area (Å²) in [5.74, 6) is -0.568. The van der Waals surface area contributed by atoms with E-state index in [1.54, 1.807) is 0 Å². The number of hydrogen-bond donors (Lipinski definition) is 1. The fraction of sp³-hybridized carbons (Fsp3) is 0.923. The van der Waals surface area contributed by atoms with Crippen LogP contribution in [0.1, 0.15) is 65.7 Å². The predicted octanol–water partition coefficient (Wildman–Crippen LogP) is 3.85. The number of unbranched alkanes of at least 4 members (excludes halogenated alkanes) is 1. The Bertz CT molecular complexity index is 225. The molecule has 0 atom stereocenters. The van der Waals surface area contributed by atoms with Crippen LogP contribution in [0.4, 0.5) is 0 Å². The molecule has 1 saturated carbocycles. The van der Waals surface area contributed by atoms with Gasteiger partial charge in [-0.05, 0) is 24.7 Å². The third kappa shape index (κ3) is 2.19. The number of carbonyl (C=O) groups is 1. The summed E-state index contributed by atoms with van der Waals surface area (Å²) in [6.45, 7) is 6.45. The minimum Gasteiger partial charge on any atom is -0.481 e. The standard InChI is InChI=1S/C13H24O2/c1-4-5-8-12(2,3)13(11(14)15)9-6-7-10-13/h4-10H2,1-3H3,(H,14,15). The van der Waals surface area contributed by atoms with Crippen molar-refractivity contribution in [1.82, 2.24) is 0 Å². The molecule has 88 valence electrons. The molecule has 1 N–H and O–H groups in total. The molecular weight excluding hydrogens is 188 g/mol. The minimum absolute atomic E-state index is 0.0503. The average Bonchev–Trinajstić information content (AvgIpc) is 2.64. The second kappa shape index (κ2) is 4.54. The molecule has 0 amide bonds. The normalized spacial score (nSPS) is 20.5. The van der Waals surface area contributed by atoms with Gasteiger partial charge < -0.3 is 5.11 Å². The van der Waals surface area contributed by atoms with Crippen LogP contribution >= 0.6 is 0 Å². The van der Waals surface area contributed by atoms with Gasteiger partial charge >= 0.3 is 5.97 Å². The van der Waals surface area contributed by atoms with Crippen LogP contribution < -0.4 is 0 Å². The van der Waals surface area contributed by atoms with E-state index in [2.05, 4.69) is 20.8 Å². The monoisotopic (exact) mass is 212 g/mol. The molecule has 2 nitrogen and oxygen atoms in total. The Morgan fingerprint density at radius 2 is 1.87 bits per heavy atom. The lowest BCUT2D eigenvalue weighted by Crippen LogP contribution is -2.42. The van der Waals surface area contributed by atoms with Gasteiger partial charge in [-0.1, -0.05) is 46.5 Å². The molecule has 0 heterocycles. The van der Waals surface area contributed by atoms with E-state index in [4.69, 9.17) is 0 Å². The van der Waals surface area contributed by atoms with Crippen LogP contribution in [0, 0.1) is 10.8 Å². The third-order valence-corrected chi connectivity index (χ3v) is 4.32. The fourth-order valence-corrected chi connectivity index (χ4v) is 3.02. The summed E-state index contributed by atoms with van der Waals surface area (Å²) < 4.78 is 0. The van der Waals surface area contributed by atoms with Crippen LogP contribution in [-0.4, -0.2) is 11.1 Å². The van der Waals surface area contributed by atoms with Gasteiger partial charge in [-0.15, -0.1) is 0 Å². The maximum absolute atomic E-state index is 11.5. The van der Waals surface area contributed by atoms with Crippen LogP contribution in [0.5, 0.6) is 0 Å². The van der Waals surface area contributed by atoms with E-state index in [0.717, 1.165) is 44.9 Å². The van der Waals surface area contributed by atoms with Gasteiger partial charge in [0.2, 0.25) is 0 Å². The second-order valence-electron chi connectivity index (χ2n) is 5.58. The molecule has 2 heteroatoms. The molecule has 0 radical (unpaired) electrons. The zero-order chi connectivity index (χ0) is 11.5. The lowest BCUT2D eigenvalue weighted by Gasteiger charge is -2.41. The highest BCUT2D eigenvalue weighted by molar-refractivity contribution is 5.76. The molecule has 1 aliphatic carbocycles. The van der Waals surface area contributed by atoms with E-state index in [-0.39, 0.29) is 5.41 Å². The summed E-state index contributed by atoms with van der Waals surface area (Å²) in [7, 11) is 0. The largest absolute Gasteiger partial charge is 0.481 e. The Kier molecular flexibility index (Phi) is 3.80. The maximum atomic E-state index is 11.5. The summed E-state index contributed by atoms with van der Waals surface area (Å²) in [4.78, 5) is 11.5. The SMILES string of the molecule is CCCCC(C)(C)C1(C(=O)O)CCCC1. The van der Waals surface area contributed by atoms with Gasteiger partial charge in [-0.25, -0.2) is 0 Å². The maximum Gasteiger partial charge on any atom is 0.310 e. The predicted molar refractivity (Wildman–Crippen MR) is 61.8 cm³/mol. The molecule has 0 aromatic heterocycles. The Morgan fingerprint density at radius 3 is 2.27 bits per heavy atom. The first kappa shape index (κ1) is 12.5. The Labute approximate surface area is 93.1 Å². The van der Waals surface area contributed by atoms with Crippen LogP contribution in [0.25, 0.3) is 0 Å². The Morgan fingerprint density at radius 1 is 1.33 bits per heavy atom. The first-order valence-corrected chi connectivity index (χ1v) is 6.20. The van der Waals surface area contributed by atoms with Gasteiger partial charge in [0.25, 0.3) is 0 Å². The minimum atomic E-state index is -0.568. The van der Waals surface area contributed by atoms with Crippen molar-refractivity contribution in [2.45, 2.75) is 65.7 Å².